The highest BCUT2D eigenvalue weighted by Gasteiger charge is 2.29. The van der Waals surface area contributed by atoms with Gasteiger partial charge in [-0.3, -0.25) is 4.90 Å². The van der Waals surface area contributed by atoms with Gasteiger partial charge in [-0.05, 0) is 49.3 Å². The van der Waals surface area contributed by atoms with Crippen LogP contribution in [-0.2, 0) is 22.9 Å². The Morgan fingerprint density at radius 3 is 2.00 bits per heavy atom. The zero-order valence-electron chi connectivity index (χ0n) is 15.1. The minimum atomic E-state index is -3.44. The van der Waals surface area contributed by atoms with Gasteiger partial charge in [0.15, 0.2) is 0 Å². The Hall–Kier alpha value is -1.69. The molecule has 0 aliphatic carbocycles. The fourth-order valence-electron chi connectivity index (χ4n) is 4.02. The molecule has 0 aromatic heterocycles. The van der Waals surface area contributed by atoms with Crippen molar-refractivity contribution in [2.24, 2.45) is 11.1 Å². The topological polar surface area (TPSA) is 63.4 Å². The molecule has 0 amide bonds. The molecule has 1 fully saturated rings. The van der Waals surface area contributed by atoms with Gasteiger partial charge in [0.25, 0.3) is 0 Å². The number of hydrogen-bond donors (Lipinski definition) is 1. The molecule has 0 bridgehead atoms. The summed E-state index contributed by atoms with van der Waals surface area (Å²) < 4.78 is 23.1. The standard InChI is InChI=1S/C21H28N2O2S/c22-26(24,25)17-21-12-7-13-23(21)16-20(14-18-8-3-1-4-9-18)15-19-10-5-2-6-11-19/h1-6,8-11,20-21H,7,12-17H2,(H2,22,24,25). The van der Waals surface area contributed by atoms with Crippen LogP contribution in [0.3, 0.4) is 0 Å². The Bertz CT molecular complexity index is 737. The molecule has 1 aliphatic heterocycles. The number of likely N-dealkylation sites (tertiary alicyclic amines) is 1. The number of nitrogens with zero attached hydrogens (tertiary/aromatic N) is 1. The van der Waals surface area contributed by atoms with E-state index in [1.54, 1.807) is 0 Å². The second-order valence-electron chi connectivity index (χ2n) is 7.37. The van der Waals surface area contributed by atoms with E-state index in [9.17, 15) is 8.42 Å². The van der Waals surface area contributed by atoms with E-state index in [1.807, 2.05) is 12.1 Å². The molecule has 0 saturated carbocycles. The predicted molar refractivity (Wildman–Crippen MR) is 106 cm³/mol. The highest BCUT2D eigenvalue weighted by Crippen LogP contribution is 2.23. The molecule has 1 atom stereocenters. The van der Waals surface area contributed by atoms with Gasteiger partial charge < -0.3 is 0 Å². The minimum absolute atomic E-state index is 0.0547. The van der Waals surface area contributed by atoms with E-state index in [0.717, 1.165) is 38.8 Å². The second-order valence-corrected chi connectivity index (χ2v) is 9.03. The van der Waals surface area contributed by atoms with Gasteiger partial charge in [0, 0.05) is 12.6 Å². The van der Waals surface area contributed by atoms with E-state index < -0.39 is 10.0 Å². The van der Waals surface area contributed by atoms with Gasteiger partial charge in [0.1, 0.15) is 0 Å². The Kier molecular flexibility index (Phi) is 6.46. The summed E-state index contributed by atoms with van der Waals surface area (Å²) in [6.45, 7) is 1.87. The lowest BCUT2D eigenvalue weighted by atomic mass is 9.92. The van der Waals surface area contributed by atoms with Crippen molar-refractivity contribution in [3.63, 3.8) is 0 Å². The van der Waals surface area contributed by atoms with Crippen molar-refractivity contribution in [1.82, 2.24) is 4.90 Å². The first-order valence-electron chi connectivity index (χ1n) is 9.32. The number of rotatable bonds is 8. The summed E-state index contributed by atoms with van der Waals surface area (Å²) in [4.78, 5) is 2.33. The van der Waals surface area contributed by atoms with Gasteiger partial charge in [-0.25, -0.2) is 13.6 Å². The molecule has 1 unspecified atom stereocenters. The zero-order valence-corrected chi connectivity index (χ0v) is 15.9. The number of hydrogen-bond acceptors (Lipinski definition) is 3. The van der Waals surface area contributed by atoms with Crippen molar-refractivity contribution in [3.05, 3.63) is 71.8 Å². The van der Waals surface area contributed by atoms with Crippen LogP contribution >= 0.6 is 0 Å². The second kappa shape index (κ2) is 8.80. The number of sulfonamides is 1. The molecule has 1 heterocycles. The van der Waals surface area contributed by atoms with Gasteiger partial charge >= 0.3 is 0 Å². The maximum Gasteiger partial charge on any atom is 0.210 e. The largest absolute Gasteiger partial charge is 0.299 e. The molecule has 3 rings (SSSR count). The van der Waals surface area contributed by atoms with Crippen LogP contribution in [-0.4, -0.2) is 38.2 Å². The van der Waals surface area contributed by atoms with Crippen molar-refractivity contribution in [3.8, 4) is 0 Å². The van der Waals surface area contributed by atoms with E-state index in [0.29, 0.717) is 5.92 Å². The molecular formula is C21H28N2O2S. The lowest BCUT2D eigenvalue weighted by molar-refractivity contribution is 0.224. The summed E-state index contributed by atoms with van der Waals surface area (Å²) in [6.07, 6.45) is 3.95. The third-order valence-corrected chi connectivity index (χ3v) is 6.00. The molecule has 140 valence electrons. The van der Waals surface area contributed by atoms with Crippen LogP contribution in [0, 0.1) is 5.92 Å². The molecule has 2 aromatic carbocycles. The first kappa shape index (κ1) is 19.1. The summed E-state index contributed by atoms with van der Waals surface area (Å²) in [5.74, 6) is 0.511. The monoisotopic (exact) mass is 372 g/mol. The number of nitrogens with two attached hydrogens (primary N) is 1. The summed E-state index contributed by atoms with van der Waals surface area (Å²) >= 11 is 0. The van der Waals surface area contributed by atoms with Crippen molar-refractivity contribution in [1.29, 1.82) is 0 Å². The van der Waals surface area contributed by atoms with Crippen molar-refractivity contribution < 1.29 is 8.42 Å². The first-order valence-corrected chi connectivity index (χ1v) is 11.0. The van der Waals surface area contributed by atoms with Crippen LogP contribution in [0.2, 0.25) is 0 Å². The summed E-state index contributed by atoms with van der Waals surface area (Å²) in [5, 5.41) is 5.30. The quantitative estimate of drug-likeness (QED) is 0.775. The molecule has 4 nitrogen and oxygen atoms in total. The molecule has 5 heteroatoms. The van der Waals surface area contributed by atoms with E-state index in [4.69, 9.17) is 5.14 Å². The zero-order chi connectivity index (χ0) is 18.4. The predicted octanol–water partition coefficient (Wildman–Crippen LogP) is 2.84. The van der Waals surface area contributed by atoms with Crippen LogP contribution in [0.1, 0.15) is 24.0 Å². The van der Waals surface area contributed by atoms with Crippen LogP contribution in [0.25, 0.3) is 0 Å². The molecule has 26 heavy (non-hydrogen) atoms. The summed E-state index contributed by atoms with van der Waals surface area (Å²) in [5.41, 5.74) is 2.66. The lowest BCUT2D eigenvalue weighted by Gasteiger charge is -2.29. The van der Waals surface area contributed by atoms with Crippen molar-refractivity contribution in [2.75, 3.05) is 18.8 Å². The van der Waals surface area contributed by atoms with Gasteiger partial charge in [0.05, 0.1) is 5.75 Å². The first-order chi connectivity index (χ1) is 12.5. The van der Waals surface area contributed by atoms with E-state index in [2.05, 4.69) is 53.4 Å². The fraction of sp³-hybridized carbons (Fsp3) is 0.429. The summed E-state index contributed by atoms with van der Waals surface area (Å²) in [6, 6.07) is 21.1. The Morgan fingerprint density at radius 2 is 1.50 bits per heavy atom. The highest BCUT2D eigenvalue weighted by molar-refractivity contribution is 7.89. The fourth-order valence-corrected chi connectivity index (χ4v) is 4.93. The smallest absolute Gasteiger partial charge is 0.210 e. The maximum atomic E-state index is 11.6. The molecule has 2 N–H and O–H groups in total. The van der Waals surface area contributed by atoms with Gasteiger partial charge in [-0.2, -0.15) is 0 Å². The normalized spacial score (nSPS) is 18.5. The molecular weight excluding hydrogens is 344 g/mol. The highest BCUT2D eigenvalue weighted by atomic mass is 32.2. The SMILES string of the molecule is NS(=O)(=O)CC1CCCN1CC(Cc1ccccc1)Cc1ccccc1. The molecule has 1 aliphatic rings. The third kappa shape index (κ3) is 5.94. The number of benzene rings is 2. The Morgan fingerprint density at radius 1 is 0.962 bits per heavy atom. The molecule has 2 aromatic rings. The average Bonchev–Trinajstić information content (AvgIpc) is 3.01. The number of primary sulfonamides is 1. The molecule has 0 spiro atoms. The summed E-state index contributed by atoms with van der Waals surface area (Å²) in [7, 11) is -3.44. The third-order valence-electron chi connectivity index (χ3n) is 5.15. The Balaban J connectivity index is 1.72. The van der Waals surface area contributed by atoms with E-state index in [-0.39, 0.29) is 11.8 Å². The maximum absolute atomic E-state index is 11.6. The van der Waals surface area contributed by atoms with Gasteiger partial charge in [-0.15, -0.1) is 0 Å². The molecule has 0 radical (unpaired) electrons. The lowest BCUT2D eigenvalue weighted by Crippen LogP contribution is -2.40. The minimum Gasteiger partial charge on any atom is -0.299 e. The van der Waals surface area contributed by atoms with Gasteiger partial charge in [0.2, 0.25) is 10.0 Å². The average molecular weight is 373 g/mol. The van der Waals surface area contributed by atoms with E-state index in [1.165, 1.54) is 11.1 Å². The van der Waals surface area contributed by atoms with E-state index >= 15 is 0 Å². The van der Waals surface area contributed by atoms with Crippen molar-refractivity contribution >= 4 is 10.0 Å². The van der Waals surface area contributed by atoms with Crippen molar-refractivity contribution in [2.45, 2.75) is 31.7 Å². The molecule has 1 saturated heterocycles. The van der Waals surface area contributed by atoms with Gasteiger partial charge in [-0.1, -0.05) is 60.7 Å². The Labute approximate surface area is 157 Å². The van der Waals surface area contributed by atoms with Crippen LogP contribution < -0.4 is 5.14 Å². The van der Waals surface area contributed by atoms with Crippen LogP contribution in [0.4, 0.5) is 0 Å². The van der Waals surface area contributed by atoms with Crippen LogP contribution in [0.5, 0.6) is 0 Å². The van der Waals surface area contributed by atoms with Crippen LogP contribution in [0.15, 0.2) is 60.7 Å².